The molecule has 0 bridgehead atoms. The van der Waals surface area contributed by atoms with Crippen molar-refractivity contribution in [1.29, 1.82) is 0 Å². The van der Waals surface area contributed by atoms with Crippen molar-refractivity contribution < 1.29 is 18.0 Å². The lowest BCUT2D eigenvalue weighted by molar-refractivity contribution is -0.140. The van der Waals surface area contributed by atoms with Crippen LogP contribution in [0.4, 0.5) is 5.69 Å². The highest BCUT2D eigenvalue weighted by atomic mass is 79.9. The summed E-state index contributed by atoms with van der Waals surface area (Å²) in [6, 6.07) is 20.3. The minimum Gasteiger partial charge on any atom is -0.354 e. The molecule has 1 atom stereocenters. The lowest BCUT2D eigenvalue weighted by Gasteiger charge is -2.33. The number of hydrogen-bond acceptors (Lipinski definition) is 4. The van der Waals surface area contributed by atoms with Gasteiger partial charge in [-0.3, -0.25) is 13.9 Å². The van der Waals surface area contributed by atoms with Crippen LogP contribution in [0.15, 0.2) is 82.2 Å². The Morgan fingerprint density at radius 2 is 1.52 bits per heavy atom. The standard InChI is InChI=1S/C31H38BrN3O4S/c1-6-29(31(37)33-19-22(2)3)34(20-25-14-10-23(4)11-15-25)30(36)21-35(27-9-7-8-26(32)18-27)40(38,39)28-16-12-24(5)13-17-28/h7-18,22,29H,6,19-21H2,1-5H3,(H,33,37)/t29-/m1/s1. The van der Waals surface area contributed by atoms with Crippen molar-refractivity contribution in [2.24, 2.45) is 5.92 Å². The Labute approximate surface area is 246 Å². The van der Waals surface area contributed by atoms with Crippen LogP contribution in [0.2, 0.25) is 0 Å². The van der Waals surface area contributed by atoms with Gasteiger partial charge in [0.05, 0.1) is 10.6 Å². The van der Waals surface area contributed by atoms with Gasteiger partial charge in [0.15, 0.2) is 0 Å². The third-order valence-electron chi connectivity index (χ3n) is 6.53. The summed E-state index contributed by atoms with van der Waals surface area (Å²) in [5, 5.41) is 2.95. The first kappa shape index (κ1) is 31.4. The van der Waals surface area contributed by atoms with E-state index in [0.29, 0.717) is 23.1 Å². The van der Waals surface area contributed by atoms with Crippen LogP contribution in [0.5, 0.6) is 0 Å². The molecule has 3 aromatic rings. The number of carbonyl (C=O) groups excluding carboxylic acids is 2. The minimum absolute atomic E-state index is 0.0812. The molecule has 1 N–H and O–H groups in total. The third-order valence-corrected chi connectivity index (χ3v) is 8.81. The number of rotatable bonds is 12. The molecule has 2 amide bonds. The fourth-order valence-electron chi connectivity index (χ4n) is 4.23. The molecule has 214 valence electrons. The van der Waals surface area contributed by atoms with Gasteiger partial charge in [-0.05, 0) is 62.1 Å². The van der Waals surface area contributed by atoms with E-state index in [2.05, 4.69) is 21.2 Å². The molecule has 0 unspecified atom stereocenters. The van der Waals surface area contributed by atoms with Gasteiger partial charge in [-0.2, -0.15) is 0 Å². The van der Waals surface area contributed by atoms with Crippen molar-refractivity contribution >= 4 is 43.5 Å². The van der Waals surface area contributed by atoms with E-state index in [4.69, 9.17) is 0 Å². The zero-order valence-corrected chi connectivity index (χ0v) is 26.1. The fraction of sp³-hybridized carbons (Fsp3) is 0.355. The number of carbonyl (C=O) groups is 2. The van der Waals surface area contributed by atoms with Crippen molar-refractivity contribution in [3.8, 4) is 0 Å². The lowest BCUT2D eigenvalue weighted by Crippen LogP contribution is -2.52. The fourth-order valence-corrected chi connectivity index (χ4v) is 6.02. The summed E-state index contributed by atoms with van der Waals surface area (Å²) in [5.74, 6) is -0.482. The van der Waals surface area contributed by atoms with Crippen LogP contribution >= 0.6 is 15.9 Å². The van der Waals surface area contributed by atoms with Gasteiger partial charge in [-0.15, -0.1) is 0 Å². The Hall–Kier alpha value is -3.17. The smallest absolute Gasteiger partial charge is 0.264 e. The molecule has 0 saturated heterocycles. The number of amides is 2. The normalized spacial score (nSPS) is 12.2. The molecule has 0 aromatic heterocycles. The van der Waals surface area contributed by atoms with Gasteiger partial charge in [0.25, 0.3) is 10.0 Å². The van der Waals surface area contributed by atoms with E-state index in [1.807, 2.05) is 58.9 Å². The second-order valence-electron chi connectivity index (χ2n) is 10.4. The van der Waals surface area contributed by atoms with Crippen LogP contribution in [0.1, 0.15) is 43.9 Å². The summed E-state index contributed by atoms with van der Waals surface area (Å²) < 4.78 is 29.6. The van der Waals surface area contributed by atoms with Gasteiger partial charge in [0, 0.05) is 17.6 Å². The highest BCUT2D eigenvalue weighted by Crippen LogP contribution is 2.27. The van der Waals surface area contributed by atoms with Crippen molar-refractivity contribution in [2.75, 3.05) is 17.4 Å². The van der Waals surface area contributed by atoms with Crippen molar-refractivity contribution in [1.82, 2.24) is 10.2 Å². The van der Waals surface area contributed by atoms with Crippen LogP contribution in [0.3, 0.4) is 0 Å². The monoisotopic (exact) mass is 627 g/mol. The number of aryl methyl sites for hydroxylation is 2. The van der Waals surface area contributed by atoms with Gasteiger partial charge in [-0.25, -0.2) is 8.42 Å². The van der Waals surface area contributed by atoms with E-state index >= 15 is 0 Å². The number of hydrogen-bond donors (Lipinski definition) is 1. The van der Waals surface area contributed by atoms with E-state index in [1.54, 1.807) is 48.5 Å². The average Bonchev–Trinajstić information content (AvgIpc) is 2.91. The molecule has 0 aliphatic heterocycles. The molecule has 0 heterocycles. The molecular formula is C31H38BrN3O4S. The molecule has 0 saturated carbocycles. The summed E-state index contributed by atoms with van der Waals surface area (Å²) in [4.78, 5) is 28.9. The largest absolute Gasteiger partial charge is 0.354 e. The lowest BCUT2D eigenvalue weighted by atomic mass is 10.1. The zero-order valence-electron chi connectivity index (χ0n) is 23.7. The maximum atomic E-state index is 14.1. The second-order valence-corrected chi connectivity index (χ2v) is 13.2. The molecule has 3 rings (SSSR count). The SMILES string of the molecule is CC[C@H](C(=O)NCC(C)C)N(Cc1ccc(C)cc1)C(=O)CN(c1cccc(Br)c1)S(=O)(=O)c1ccc(C)cc1. The number of sulfonamides is 1. The Kier molecular flexibility index (Phi) is 10.9. The summed E-state index contributed by atoms with van der Waals surface area (Å²) in [5.41, 5.74) is 3.19. The summed E-state index contributed by atoms with van der Waals surface area (Å²) in [7, 11) is -4.10. The zero-order chi connectivity index (χ0) is 29.4. The van der Waals surface area contributed by atoms with E-state index in [0.717, 1.165) is 21.0 Å². The number of benzene rings is 3. The average molecular weight is 629 g/mol. The summed E-state index contributed by atoms with van der Waals surface area (Å²) >= 11 is 3.42. The molecule has 0 aliphatic rings. The highest BCUT2D eigenvalue weighted by Gasteiger charge is 2.33. The quantitative estimate of drug-likeness (QED) is 0.273. The van der Waals surface area contributed by atoms with Gasteiger partial charge in [0.2, 0.25) is 11.8 Å². The molecule has 0 radical (unpaired) electrons. The summed E-state index contributed by atoms with van der Waals surface area (Å²) in [6.45, 7) is 9.90. The molecule has 0 aliphatic carbocycles. The Morgan fingerprint density at radius 1 is 0.925 bits per heavy atom. The van der Waals surface area contributed by atoms with Gasteiger partial charge in [0.1, 0.15) is 12.6 Å². The van der Waals surface area contributed by atoms with E-state index in [9.17, 15) is 18.0 Å². The molecule has 40 heavy (non-hydrogen) atoms. The second kappa shape index (κ2) is 13.9. The maximum absolute atomic E-state index is 14.1. The van der Waals surface area contributed by atoms with Crippen LogP contribution in [0.25, 0.3) is 0 Å². The molecule has 7 nitrogen and oxygen atoms in total. The topological polar surface area (TPSA) is 86.8 Å². The Bertz CT molecular complexity index is 1410. The highest BCUT2D eigenvalue weighted by molar-refractivity contribution is 9.10. The predicted molar refractivity (Wildman–Crippen MR) is 164 cm³/mol. The van der Waals surface area contributed by atoms with Crippen molar-refractivity contribution in [3.63, 3.8) is 0 Å². The first-order chi connectivity index (χ1) is 18.9. The van der Waals surface area contributed by atoms with E-state index < -0.39 is 28.5 Å². The van der Waals surface area contributed by atoms with E-state index in [1.165, 1.54) is 4.90 Å². The molecule has 0 fully saturated rings. The number of halogens is 1. The first-order valence-electron chi connectivity index (χ1n) is 13.4. The van der Waals surface area contributed by atoms with Gasteiger partial charge in [-0.1, -0.05) is 90.3 Å². The van der Waals surface area contributed by atoms with Crippen LogP contribution in [-0.4, -0.2) is 44.3 Å². The van der Waals surface area contributed by atoms with Crippen molar-refractivity contribution in [2.45, 2.75) is 58.5 Å². The minimum atomic E-state index is -4.10. The van der Waals surface area contributed by atoms with Crippen LogP contribution < -0.4 is 9.62 Å². The third kappa shape index (κ3) is 8.17. The van der Waals surface area contributed by atoms with Gasteiger partial charge < -0.3 is 10.2 Å². The molecule has 0 spiro atoms. The molecular weight excluding hydrogens is 590 g/mol. The van der Waals surface area contributed by atoms with E-state index in [-0.39, 0.29) is 23.3 Å². The van der Waals surface area contributed by atoms with Crippen LogP contribution in [-0.2, 0) is 26.2 Å². The number of nitrogens with one attached hydrogen (secondary N) is 1. The number of nitrogens with zero attached hydrogens (tertiary/aromatic N) is 2. The van der Waals surface area contributed by atoms with Crippen molar-refractivity contribution in [3.05, 3.63) is 94.0 Å². The van der Waals surface area contributed by atoms with Gasteiger partial charge >= 0.3 is 0 Å². The van der Waals surface area contributed by atoms with Crippen LogP contribution in [0, 0.1) is 19.8 Å². The first-order valence-corrected chi connectivity index (χ1v) is 15.6. The predicted octanol–water partition coefficient (Wildman–Crippen LogP) is 5.84. The maximum Gasteiger partial charge on any atom is 0.264 e. The Morgan fingerprint density at radius 3 is 2.08 bits per heavy atom. The molecule has 9 heteroatoms. The molecule has 3 aromatic carbocycles. The summed E-state index contributed by atoms with van der Waals surface area (Å²) in [6.07, 6.45) is 0.378. The number of anilines is 1. The Balaban J connectivity index is 2.04.